The van der Waals surface area contributed by atoms with Crippen LogP contribution in [0.5, 0.6) is 0 Å². The monoisotopic (exact) mass is 1090 g/mol. The fraction of sp³-hybridized carbons (Fsp3) is 0.766. The minimum Gasteiger partial charge on any atom is -0.462 e. The Balaban J connectivity index is 4.72. The number of ether oxygens (including phenoxy) is 3. The van der Waals surface area contributed by atoms with Crippen LogP contribution in [0.3, 0.4) is 0 Å². The molecule has 0 bridgehead atoms. The number of unbranched alkanes of at least 4 members (excludes halogenated alkanes) is 28. The van der Waals surface area contributed by atoms with E-state index in [9.17, 15) is 28.9 Å². The number of esters is 3. The summed E-state index contributed by atoms with van der Waals surface area (Å²) in [4.78, 5) is 48.6. The third-order valence-corrected chi connectivity index (χ3v) is 14.1. The highest BCUT2D eigenvalue weighted by molar-refractivity contribution is 7.47. The highest BCUT2D eigenvalue weighted by atomic mass is 31.2. The van der Waals surface area contributed by atoms with E-state index in [1.54, 1.807) is 0 Å². The quantitative estimate of drug-likeness (QED) is 0.0197. The maximum absolute atomic E-state index is 12.9. The predicted octanol–water partition coefficient (Wildman–Crippen LogP) is 18.5. The summed E-state index contributed by atoms with van der Waals surface area (Å²) in [5.74, 6) is -1.49. The number of phosphoric acid groups is 1. The van der Waals surface area contributed by atoms with Gasteiger partial charge in [0, 0.05) is 19.3 Å². The topological polar surface area (TPSA) is 155 Å². The van der Waals surface area contributed by atoms with Crippen LogP contribution in [0, 0.1) is 0 Å². The van der Waals surface area contributed by atoms with Gasteiger partial charge in [0.1, 0.15) is 12.7 Å². The maximum atomic E-state index is 12.9. The number of hydrogen-bond acceptors (Lipinski definition) is 10. The molecule has 0 aromatic carbocycles. The van der Waals surface area contributed by atoms with Crippen molar-refractivity contribution in [2.24, 2.45) is 0 Å². The zero-order chi connectivity index (χ0) is 55.5. The van der Waals surface area contributed by atoms with E-state index in [1.165, 1.54) is 109 Å². The second kappa shape index (κ2) is 58.1. The Hall–Kier alpha value is -3.08. The van der Waals surface area contributed by atoms with Crippen LogP contribution in [0.2, 0.25) is 0 Å². The summed E-state index contributed by atoms with van der Waals surface area (Å²) in [5, 5.41) is 9.82. The molecule has 11 nitrogen and oxygen atoms in total. The SMILES string of the molecule is CC/C=C\C/C=C\C/C=C\CCCCCCCCCC(=O)OCC(COP(=O)(O)OCC(CO)OC(=O)CCCCC/C=C\C/C=C\C/C=C\CC)OC(=O)CCCCCCCCCCCCCCCCCCCCC. The molecule has 0 rings (SSSR count). The lowest BCUT2D eigenvalue weighted by molar-refractivity contribution is -0.161. The lowest BCUT2D eigenvalue weighted by Crippen LogP contribution is -2.30. The van der Waals surface area contributed by atoms with Crippen LogP contribution < -0.4 is 0 Å². The van der Waals surface area contributed by atoms with Gasteiger partial charge in [0.05, 0.1) is 19.8 Å². The van der Waals surface area contributed by atoms with Gasteiger partial charge in [-0.05, 0) is 83.5 Å². The van der Waals surface area contributed by atoms with Gasteiger partial charge in [-0.15, -0.1) is 0 Å². The van der Waals surface area contributed by atoms with Gasteiger partial charge in [-0.3, -0.25) is 23.4 Å². The molecule has 0 aromatic rings. The summed E-state index contributed by atoms with van der Waals surface area (Å²) in [7, 11) is -4.76. The molecular formula is C64H113O11P. The lowest BCUT2D eigenvalue weighted by atomic mass is 10.0. The van der Waals surface area contributed by atoms with E-state index in [-0.39, 0.29) is 25.9 Å². The molecule has 0 aliphatic heterocycles. The van der Waals surface area contributed by atoms with Gasteiger partial charge in [0.15, 0.2) is 6.10 Å². The first-order valence-electron chi connectivity index (χ1n) is 30.8. The number of carbonyl (C=O) groups excluding carboxylic acids is 3. The van der Waals surface area contributed by atoms with Gasteiger partial charge in [0.25, 0.3) is 0 Å². The number of rotatable bonds is 57. The van der Waals surface area contributed by atoms with Crippen molar-refractivity contribution in [2.45, 2.75) is 290 Å². The fourth-order valence-electron chi connectivity index (χ4n) is 8.50. The van der Waals surface area contributed by atoms with Crippen LogP contribution in [-0.4, -0.2) is 66.5 Å². The smallest absolute Gasteiger partial charge is 0.462 e. The minimum atomic E-state index is -4.76. The first kappa shape index (κ1) is 72.9. The Morgan fingerprint density at radius 3 is 1.07 bits per heavy atom. The highest BCUT2D eigenvalue weighted by Gasteiger charge is 2.28. The molecule has 2 N–H and O–H groups in total. The molecule has 3 unspecified atom stereocenters. The van der Waals surface area contributed by atoms with E-state index in [1.807, 2.05) is 0 Å². The molecule has 0 aromatic heterocycles. The number of carbonyl (C=O) groups is 3. The number of phosphoric ester groups is 1. The van der Waals surface area contributed by atoms with Crippen LogP contribution in [-0.2, 0) is 42.2 Å². The van der Waals surface area contributed by atoms with E-state index in [2.05, 4.69) is 93.7 Å². The van der Waals surface area contributed by atoms with Gasteiger partial charge < -0.3 is 24.2 Å². The van der Waals surface area contributed by atoms with Crippen molar-refractivity contribution < 1.29 is 52.2 Å². The summed E-state index contributed by atoms with van der Waals surface area (Å²) >= 11 is 0. The van der Waals surface area contributed by atoms with Crippen molar-refractivity contribution in [2.75, 3.05) is 26.4 Å². The summed E-state index contributed by atoms with van der Waals surface area (Å²) in [5.41, 5.74) is 0. The average molecular weight is 1090 g/mol. The molecule has 0 heterocycles. The van der Waals surface area contributed by atoms with Crippen LogP contribution in [0.1, 0.15) is 278 Å². The second-order valence-electron chi connectivity index (χ2n) is 20.5. The first-order chi connectivity index (χ1) is 37.2. The third-order valence-electron chi connectivity index (χ3n) is 13.1. The molecule has 0 spiro atoms. The lowest BCUT2D eigenvalue weighted by Gasteiger charge is -2.21. The minimum absolute atomic E-state index is 0.141. The van der Waals surface area contributed by atoms with Crippen molar-refractivity contribution in [1.29, 1.82) is 0 Å². The van der Waals surface area contributed by atoms with Gasteiger partial charge in [-0.2, -0.15) is 0 Å². The third kappa shape index (κ3) is 55.7. The summed E-state index contributed by atoms with van der Waals surface area (Å²) in [6, 6.07) is 0. The summed E-state index contributed by atoms with van der Waals surface area (Å²) in [6.07, 6.45) is 65.8. The molecule has 3 atom stereocenters. The molecule has 0 radical (unpaired) electrons. The molecule has 440 valence electrons. The Morgan fingerprint density at radius 1 is 0.382 bits per heavy atom. The number of hydrogen-bond donors (Lipinski definition) is 2. The van der Waals surface area contributed by atoms with Crippen LogP contribution in [0.15, 0.2) is 72.9 Å². The summed E-state index contributed by atoms with van der Waals surface area (Å²) < 4.78 is 39.6. The zero-order valence-electron chi connectivity index (χ0n) is 48.7. The van der Waals surface area contributed by atoms with Crippen molar-refractivity contribution >= 4 is 25.7 Å². The Bertz CT molecular complexity index is 1550. The van der Waals surface area contributed by atoms with Crippen molar-refractivity contribution in [1.82, 2.24) is 0 Å². The van der Waals surface area contributed by atoms with E-state index in [0.717, 1.165) is 109 Å². The van der Waals surface area contributed by atoms with Crippen molar-refractivity contribution in [3.8, 4) is 0 Å². The van der Waals surface area contributed by atoms with E-state index in [4.69, 9.17) is 23.3 Å². The van der Waals surface area contributed by atoms with Gasteiger partial charge in [0.2, 0.25) is 0 Å². The van der Waals surface area contributed by atoms with Crippen molar-refractivity contribution in [3.63, 3.8) is 0 Å². The number of aliphatic hydroxyl groups excluding tert-OH is 1. The van der Waals surface area contributed by atoms with Gasteiger partial charge in [-0.25, -0.2) is 4.57 Å². The average Bonchev–Trinajstić information content (AvgIpc) is 3.41. The molecular weight excluding hydrogens is 976 g/mol. The van der Waals surface area contributed by atoms with Crippen LogP contribution in [0.4, 0.5) is 0 Å². The number of allylic oxidation sites excluding steroid dienone is 12. The van der Waals surface area contributed by atoms with Crippen LogP contribution in [0.25, 0.3) is 0 Å². The Labute approximate surface area is 465 Å². The normalized spacial score (nSPS) is 13.8. The van der Waals surface area contributed by atoms with E-state index >= 15 is 0 Å². The molecule has 0 aliphatic rings. The second-order valence-corrected chi connectivity index (χ2v) is 21.9. The Morgan fingerprint density at radius 2 is 0.684 bits per heavy atom. The molecule has 12 heteroatoms. The largest absolute Gasteiger partial charge is 0.472 e. The van der Waals surface area contributed by atoms with Gasteiger partial charge >= 0.3 is 25.7 Å². The fourth-order valence-corrected chi connectivity index (χ4v) is 9.29. The highest BCUT2D eigenvalue weighted by Crippen LogP contribution is 2.43. The standard InChI is InChI=1S/C64H113O11P/c1-4-7-10-13-16-19-22-25-27-29-30-32-34-37-40-43-46-49-52-55-64(68)75-61(57-71-62(66)53-50-47-44-41-38-36-33-31-28-26-23-20-17-14-11-8-5-2)59-73-76(69,70)72-58-60(56-65)74-63(67)54-51-48-45-42-39-35-24-21-18-15-12-9-6-3/h8-9,11-12,17-18,20-21,26,28,35,39,60-61,65H,4-7,10,13-16,19,22-25,27,29-34,36-38,40-59H2,1-3H3,(H,69,70)/b11-8-,12-9-,20-17-,21-18-,28-26-,39-35-. The molecule has 76 heavy (non-hydrogen) atoms. The summed E-state index contributed by atoms with van der Waals surface area (Å²) in [6.45, 7) is 4.41. The first-order valence-corrected chi connectivity index (χ1v) is 32.3. The van der Waals surface area contributed by atoms with E-state index < -0.39 is 57.8 Å². The molecule has 0 fully saturated rings. The molecule has 0 amide bonds. The number of aliphatic hydroxyl groups is 1. The molecule has 0 saturated carbocycles. The van der Waals surface area contributed by atoms with Gasteiger partial charge in [-0.1, -0.05) is 248 Å². The Kier molecular flexibility index (Phi) is 55.7. The zero-order valence-corrected chi connectivity index (χ0v) is 49.6. The molecule has 0 saturated heterocycles. The maximum Gasteiger partial charge on any atom is 0.472 e. The van der Waals surface area contributed by atoms with Crippen LogP contribution >= 0.6 is 7.82 Å². The molecule has 0 aliphatic carbocycles. The predicted molar refractivity (Wildman–Crippen MR) is 316 cm³/mol. The van der Waals surface area contributed by atoms with E-state index in [0.29, 0.717) is 19.3 Å². The van der Waals surface area contributed by atoms with Crippen molar-refractivity contribution in [3.05, 3.63) is 72.9 Å².